The third kappa shape index (κ3) is 5.56. The molecular weight excluding hydrogens is 396 g/mol. The molecule has 0 bridgehead atoms. The summed E-state index contributed by atoms with van der Waals surface area (Å²) in [6.45, 7) is 1.62. The van der Waals surface area contributed by atoms with E-state index in [1.807, 2.05) is 29.0 Å². The molecule has 1 fully saturated rings. The number of hydrogen-bond acceptors (Lipinski definition) is 7. The average molecular weight is 420 g/mol. The molecule has 4 N–H and O–H groups in total. The average Bonchev–Trinajstić information content (AvgIpc) is 3.31. The number of aromatic nitrogens is 1. The maximum atomic E-state index is 11.5. The van der Waals surface area contributed by atoms with Crippen LogP contribution in [0.4, 0.5) is 0 Å². The van der Waals surface area contributed by atoms with Gasteiger partial charge in [0.2, 0.25) is 5.96 Å². The van der Waals surface area contributed by atoms with Gasteiger partial charge >= 0.3 is 10.4 Å². The van der Waals surface area contributed by atoms with Crippen molar-refractivity contribution in [3.63, 3.8) is 0 Å². The molecule has 1 aromatic heterocycles. The van der Waals surface area contributed by atoms with Crippen LogP contribution >= 0.6 is 0 Å². The third-order valence-electron chi connectivity index (χ3n) is 4.52. The molecule has 0 saturated carbocycles. The van der Waals surface area contributed by atoms with E-state index >= 15 is 0 Å². The second kappa shape index (κ2) is 9.07. The van der Waals surface area contributed by atoms with Crippen molar-refractivity contribution in [3.05, 3.63) is 48.3 Å². The van der Waals surface area contributed by atoms with Crippen LogP contribution < -0.4 is 15.7 Å². The van der Waals surface area contributed by atoms with Gasteiger partial charge in [-0.25, -0.2) is 4.18 Å². The van der Waals surface area contributed by atoms with E-state index in [4.69, 9.17) is 15.7 Å². The van der Waals surface area contributed by atoms with Gasteiger partial charge in [0.05, 0.1) is 7.11 Å². The number of nitrogens with zero attached hydrogens (tertiary/aromatic N) is 4. The zero-order chi connectivity index (χ0) is 20.9. The van der Waals surface area contributed by atoms with Crippen molar-refractivity contribution < 1.29 is 16.8 Å². The topological polar surface area (TPSA) is 138 Å². The van der Waals surface area contributed by atoms with Crippen LogP contribution in [0.3, 0.4) is 0 Å². The lowest BCUT2D eigenvalue weighted by atomic mass is 10.2. The predicted molar refractivity (Wildman–Crippen MR) is 110 cm³/mol. The molecular formula is C18H24N6O4S. The molecule has 10 nitrogen and oxygen atoms in total. The number of guanidine groups is 1. The molecule has 3 rings (SSSR count). The molecule has 1 aliphatic rings. The summed E-state index contributed by atoms with van der Waals surface area (Å²) < 4.78 is 34.3. The zero-order valence-electron chi connectivity index (χ0n) is 16.0. The number of rotatable bonds is 8. The summed E-state index contributed by atoms with van der Waals surface area (Å²) in [5.74, 6) is 0.102. The Balaban J connectivity index is 1.78. The molecule has 2 heterocycles. The minimum Gasteiger partial charge on any atom is -0.369 e. The molecule has 0 radical (unpaired) electrons. The highest BCUT2D eigenvalue weighted by atomic mass is 32.3. The third-order valence-corrected chi connectivity index (χ3v) is 5.33. The fraction of sp³-hybridized carbons (Fsp3) is 0.333. The monoisotopic (exact) mass is 420 g/mol. The Bertz CT molecular complexity index is 997. The molecule has 29 heavy (non-hydrogen) atoms. The SMILES string of the molecule is COS(=O)(=O)Oc1cccc(-n2cccc2CN2CCCC2/C=N/N=C(N)N)c1. The van der Waals surface area contributed by atoms with Crippen molar-refractivity contribution in [1.29, 1.82) is 0 Å². The Morgan fingerprint density at radius 2 is 2.14 bits per heavy atom. The van der Waals surface area contributed by atoms with Gasteiger partial charge in [0.15, 0.2) is 0 Å². The summed E-state index contributed by atoms with van der Waals surface area (Å²) in [5, 5.41) is 7.61. The van der Waals surface area contributed by atoms with Crippen LogP contribution in [0.2, 0.25) is 0 Å². The second-order valence-electron chi connectivity index (χ2n) is 6.49. The van der Waals surface area contributed by atoms with Crippen LogP contribution in [-0.2, 0) is 21.1 Å². The Morgan fingerprint density at radius 1 is 1.31 bits per heavy atom. The highest BCUT2D eigenvalue weighted by Gasteiger charge is 2.24. The van der Waals surface area contributed by atoms with Crippen molar-refractivity contribution in [2.24, 2.45) is 21.7 Å². The number of nitrogens with two attached hydrogens (primary N) is 2. The quantitative estimate of drug-likeness (QED) is 0.369. The van der Waals surface area contributed by atoms with Gasteiger partial charge in [-0.2, -0.15) is 13.5 Å². The standard InChI is InChI=1S/C18H24N6O4S/c1-27-29(25,26)28-17-8-2-5-14(11-17)24-10-4-7-16(24)13-23-9-3-6-15(23)12-21-22-18(19)20/h2,4-5,7-8,10-12,15H,3,6,9,13H2,1H3,(H4,19,20,22)/b21-12+. The van der Waals surface area contributed by atoms with Crippen LogP contribution in [0, 0.1) is 0 Å². The molecule has 1 atom stereocenters. The predicted octanol–water partition coefficient (Wildman–Crippen LogP) is 0.971. The van der Waals surface area contributed by atoms with Crippen molar-refractivity contribution in [2.75, 3.05) is 13.7 Å². The highest BCUT2D eigenvalue weighted by molar-refractivity contribution is 7.82. The van der Waals surface area contributed by atoms with Crippen molar-refractivity contribution in [2.45, 2.75) is 25.4 Å². The summed E-state index contributed by atoms with van der Waals surface area (Å²) in [5.41, 5.74) is 12.4. The zero-order valence-corrected chi connectivity index (χ0v) is 16.8. The van der Waals surface area contributed by atoms with E-state index in [1.54, 1.807) is 24.4 Å². The van der Waals surface area contributed by atoms with Crippen LogP contribution in [-0.4, -0.2) is 49.8 Å². The van der Waals surface area contributed by atoms with Crippen molar-refractivity contribution >= 4 is 22.6 Å². The van der Waals surface area contributed by atoms with Gasteiger partial charge in [-0.05, 0) is 43.7 Å². The van der Waals surface area contributed by atoms with E-state index in [0.717, 1.165) is 37.9 Å². The van der Waals surface area contributed by atoms with E-state index in [2.05, 4.69) is 19.3 Å². The summed E-state index contributed by atoms with van der Waals surface area (Å²) in [6.07, 6.45) is 5.70. The van der Waals surface area contributed by atoms with Gasteiger partial charge in [0.25, 0.3) is 0 Å². The first-order chi connectivity index (χ1) is 13.9. The van der Waals surface area contributed by atoms with E-state index in [0.29, 0.717) is 6.54 Å². The molecule has 0 amide bonds. The van der Waals surface area contributed by atoms with Crippen molar-refractivity contribution in [3.8, 4) is 11.4 Å². The van der Waals surface area contributed by atoms with Gasteiger partial charge in [0.1, 0.15) is 5.75 Å². The Kier molecular flexibility index (Phi) is 6.52. The van der Waals surface area contributed by atoms with Gasteiger partial charge in [-0.3, -0.25) is 4.90 Å². The minimum atomic E-state index is -4.07. The molecule has 11 heteroatoms. The lowest BCUT2D eigenvalue weighted by Crippen LogP contribution is -2.31. The van der Waals surface area contributed by atoms with E-state index in [1.165, 1.54) is 0 Å². The first-order valence-electron chi connectivity index (χ1n) is 9.01. The minimum absolute atomic E-state index is 0.0720. The number of benzene rings is 1. The molecule has 1 unspecified atom stereocenters. The molecule has 0 spiro atoms. The van der Waals surface area contributed by atoms with Crippen LogP contribution in [0.25, 0.3) is 5.69 Å². The molecule has 1 saturated heterocycles. The van der Waals surface area contributed by atoms with Crippen LogP contribution in [0.15, 0.2) is 52.8 Å². The maximum absolute atomic E-state index is 11.5. The lowest BCUT2D eigenvalue weighted by molar-refractivity contribution is 0.292. The summed E-state index contributed by atoms with van der Waals surface area (Å²) in [7, 11) is -3.02. The molecule has 156 valence electrons. The van der Waals surface area contributed by atoms with Gasteiger partial charge in [-0.1, -0.05) is 6.07 Å². The molecule has 0 aliphatic carbocycles. The van der Waals surface area contributed by atoms with Crippen molar-refractivity contribution in [1.82, 2.24) is 9.47 Å². The fourth-order valence-electron chi connectivity index (χ4n) is 3.24. The Hall–Kier alpha value is -2.89. The summed E-state index contributed by atoms with van der Waals surface area (Å²) in [4.78, 5) is 2.29. The van der Waals surface area contributed by atoms with E-state index in [-0.39, 0.29) is 17.8 Å². The summed E-state index contributed by atoms with van der Waals surface area (Å²) in [6, 6.07) is 10.9. The smallest absolute Gasteiger partial charge is 0.369 e. The maximum Gasteiger partial charge on any atom is 0.448 e. The highest BCUT2D eigenvalue weighted by Crippen LogP contribution is 2.23. The first kappa shape index (κ1) is 20.8. The number of likely N-dealkylation sites (tertiary alicyclic amines) is 1. The van der Waals surface area contributed by atoms with Gasteiger partial charge in [-0.15, -0.1) is 5.10 Å². The van der Waals surface area contributed by atoms with Crippen LogP contribution in [0.5, 0.6) is 5.75 Å². The Morgan fingerprint density at radius 3 is 2.90 bits per heavy atom. The van der Waals surface area contributed by atoms with Gasteiger partial charge in [0, 0.05) is 42.4 Å². The van der Waals surface area contributed by atoms with Crippen LogP contribution in [0.1, 0.15) is 18.5 Å². The second-order valence-corrected chi connectivity index (χ2v) is 7.81. The largest absolute Gasteiger partial charge is 0.448 e. The van der Waals surface area contributed by atoms with E-state index in [9.17, 15) is 8.42 Å². The number of hydrogen-bond donors (Lipinski definition) is 2. The Labute approximate surface area is 169 Å². The van der Waals surface area contributed by atoms with E-state index < -0.39 is 10.4 Å². The molecule has 1 aliphatic heterocycles. The molecule has 2 aromatic rings. The van der Waals surface area contributed by atoms with Gasteiger partial charge < -0.3 is 20.2 Å². The fourth-order valence-corrected chi connectivity index (χ4v) is 3.64. The lowest BCUT2D eigenvalue weighted by Gasteiger charge is -2.22. The summed E-state index contributed by atoms with van der Waals surface area (Å²) >= 11 is 0. The molecule has 1 aromatic carbocycles. The first-order valence-corrected chi connectivity index (χ1v) is 10.3. The normalized spacial score (nSPS) is 17.6.